The first-order valence-corrected chi connectivity index (χ1v) is 5.14. The van der Waals surface area contributed by atoms with Gasteiger partial charge in [0.25, 0.3) is 0 Å². The van der Waals surface area contributed by atoms with E-state index >= 15 is 0 Å². The molecule has 88 valence electrons. The van der Waals surface area contributed by atoms with Crippen molar-refractivity contribution in [1.82, 2.24) is 0 Å². The molecule has 0 saturated heterocycles. The minimum Gasteiger partial charge on any atom is -0.399 e. The third kappa shape index (κ3) is 2.72. The van der Waals surface area contributed by atoms with Crippen LogP contribution >= 0.6 is 0 Å². The first-order valence-electron chi connectivity index (χ1n) is 5.14. The monoisotopic (exact) mass is 234 g/mol. The Hall–Kier alpha value is -2.10. The Morgan fingerprint density at radius 2 is 1.82 bits per heavy atom. The fourth-order valence-corrected chi connectivity index (χ4v) is 1.63. The van der Waals surface area contributed by atoms with Gasteiger partial charge in [-0.1, -0.05) is 0 Å². The van der Waals surface area contributed by atoms with E-state index in [-0.39, 0.29) is 5.69 Å². The van der Waals surface area contributed by atoms with Gasteiger partial charge < -0.3 is 11.1 Å². The van der Waals surface area contributed by atoms with Gasteiger partial charge in [-0.25, -0.2) is 8.78 Å². The van der Waals surface area contributed by atoms with Crippen LogP contribution in [0.15, 0.2) is 36.4 Å². The Labute approximate surface area is 98.1 Å². The minimum atomic E-state index is -0.634. The second-order valence-corrected chi connectivity index (χ2v) is 3.88. The number of nitrogens with one attached hydrogen (secondary N) is 1. The second-order valence-electron chi connectivity index (χ2n) is 3.88. The van der Waals surface area contributed by atoms with Crippen LogP contribution in [0.2, 0.25) is 0 Å². The molecule has 0 amide bonds. The Morgan fingerprint density at radius 3 is 2.47 bits per heavy atom. The van der Waals surface area contributed by atoms with E-state index in [9.17, 15) is 8.78 Å². The molecule has 17 heavy (non-hydrogen) atoms. The molecule has 2 nitrogen and oxygen atoms in total. The van der Waals surface area contributed by atoms with Gasteiger partial charge in [0.15, 0.2) is 0 Å². The predicted octanol–water partition coefficient (Wildman–Crippen LogP) is 3.60. The van der Waals surface area contributed by atoms with Crippen molar-refractivity contribution in [2.75, 3.05) is 11.1 Å². The molecule has 0 aliphatic carbocycles. The zero-order valence-corrected chi connectivity index (χ0v) is 9.30. The van der Waals surface area contributed by atoms with Crippen LogP contribution in [0.25, 0.3) is 0 Å². The molecular formula is C13H12F2N2. The lowest BCUT2D eigenvalue weighted by Gasteiger charge is -2.09. The summed E-state index contributed by atoms with van der Waals surface area (Å²) in [5.41, 5.74) is 8.13. The van der Waals surface area contributed by atoms with Crippen molar-refractivity contribution in [1.29, 1.82) is 0 Å². The smallest absolute Gasteiger partial charge is 0.149 e. The van der Waals surface area contributed by atoms with Crippen LogP contribution < -0.4 is 11.1 Å². The van der Waals surface area contributed by atoms with Gasteiger partial charge >= 0.3 is 0 Å². The van der Waals surface area contributed by atoms with Crippen LogP contribution in [0.5, 0.6) is 0 Å². The normalized spacial score (nSPS) is 10.3. The zero-order chi connectivity index (χ0) is 12.4. The highest BCUT2D eigenvalue weighted by Crippen LogP contribution is 2.23. The van der Waals surface area contributed by atoms with Crippen LogP contribution in [-0.2, 0) is 0 Å². The van der Waals surface area contributed by atoms with Crippen molar-refractivity contribution >= 4 is 17.1 Å². The summed E-state index contributed by atoms with van der Waals surface area (Å²) < 4.78 is 26.1. The summed E-state index contributed by atoms with van der Waals surface area (Å²) >= 11 is 0. The number of benzene rings is 2. The number of hydrogen-bond donors (Lipinski definition) is 2. The zero-order valence-electron chi connectivity index (χ0n) is 9.30. The fraction of sp³-hybridized carbons (Fsp3) is 0.0769. The average Bonchev–Trinajstić information content (AvgIpc) is 2.21. The van der Waals surface area contributed by atoms with Crippen molar-refractivity contribution in [2.24, 2.45) is 0 Å². The van der Waals surface area contributed by atoms with Gasteiger partial charge in [0, 0.05) is 17.4 Å². The first kappa shape index (κ1) is 11.4. The molecule has 0 unspecified atom stereocenters. The van der Waals surface area contributed by atoms with E-state index in [1.54, 1.807) is 6.07 Å². The van der Waals surface area contributed by atoms with E-state index in [2.05, 4.69) is 5.32 Å². The van der Waals surface area contributed by atoms with Crippen LogP contribution in [0, 0.1) is 18.6 Å². The number of nitrogens with two attached hydrogens (primary N) is 1. The van der Waals surface area contributed by atoms with Crippen molar-refractivity contribution in [3.05, 3.63) is 53.6 Å². The molecule has 0 saturated carbocycles. The van der Waals surface area contributed by atoms with Crippen molar-refractivity contribution in [3.63, 3.8) is 0 Å². The molecule has 0 spiro atoms. The Balaban J connectivity index is 2.31. The largest absolute Gasteiger partial charge is 0.399 e. The van der Waals surface area contributed by atoms with Gasteiger partial charge in [0.05, 0.1) is 5.69 Å². The molecule has 0 atom stereocenters. The highest BCUT2D eigenvalue weighted by atomic mass is 19.1. The van der Waals surface area contributed by atoms with Gasteiger partial charge in [-0.05, 0) is 42.8 Å². The third-order valence-electron chi connectivity index (χ3n) is 2.31. The van der Waals surface area contributed by atoms with E-state index < -0.39 is 11.6 Å². The van der Waals surface area contributed by atoms with Crippen LogP contribution in [0.1, 0.15) is 5.56 Å². The molecular weight excluding hydrogens is 222 g/mol. The maximum Gasteiger partial charge on any atom is 0.149 e. The van der Waals surface area contributed by atoms with E-state index in [0.29, 0.717) is 11.4 Å². The standard InChI is InChI=1S/C13H12F2N2/c1-8-4-10(16)7-11(5-8)17-13-3-2-9(14)6-12(13)15/h2-7,17H,16H2,1H3. The molecule has 2 rings (SSSR count). The van der Waals surface area contributed by atoms with E-state index in [1.807, 2.05) is 19.1 Å². The van der Waals surface area contributed by atoms with Crippen molar-refractivity contribution in [3.8, 4) is 0 Å². The summed E-state index contributed by atoms with van der Waals surface area (Å²) in [5.74, 6) is -1.23. The lowest BCUT2D eigenvalue weighted by Crippen LogP contribution is -1.96. The summed E-state index contributed by atoms with van der Waals surface area (Å²) in [7, 11) is 0. The summed E-state index contributed by atoms with van der Waals surface area (Å²) in [6, 6.07) is 8.72. The number of aryl methyl sites for hydroxylation is 1. The highest BCUT2D eigenvalue weighted by Gasteiger charge is 2.04. The number of nitrogen functional groups attached to an aromatic ring is 1. The fourth-order valence-electron chi connectivity index (χ4n) is 1.63. The number of anilines is 3. The van der Waals surface area contributed by atoms with Gasteiger partial charge in [0.1, 0.15) is 11.6 Å². The number of hydrogen-bond acceptors (Lipinski definition) is 2. The Bertz CT molecular complexity index is 533. The molecule has 3 N–H and O–H groups in total. The molecule has 0 radical (unpaired) electrons. The third-order valence-corrected chi connectivity index (χ3v) is 2.31. The van der Waals surface area contributed by atoms with E-state index in [1.165, 1.54) is 12.1 Å². The quantitative estimate of drug-likeness (QED) is 0.779. The maximum atomic E-state index is 13.4. The second kappa shape index (κ2) is 4.41. The van der Waals surface area contributed by atoms with Gasteiger partial charge in [-0.15, -0.1) is 0 Å². The lowest BCUT2D eigenvalue weighted by atomic mass is 10.2. The van der Waals surface area contributed by atoms with Crippen molar-refractivity contribution < 1.29 is 8.78 Å². The summed E-state index contributed by atoms with van der Waals surface area (Å²) in [6.45, 7) is 1.89. The maximum absolute atomic E-state index is 13.4. The summed E-state index contributed by atoms with van der Waals surface area (Å²) in [6.07, 6.45) is 0. The number of rotatable bonds is 2. The van der Waals surface area contributed by atoms with E-state index in [4.69, 9.17) is 5.73 Å². The van der Waals surface area contributed by atoms with Crippen LogP contribution in [-0.4, -0.2) is 0 Å². The summed E-state index contributed by atoms with van der Waals surface area (Å²) in [4.78, 5) is 0. The summed E-state index contributed by atoms with van der Waals surface area (Å²) in [5, 5.41) is 2.86. The molecule has 0 fully saturated rings. The van der Waals surface area contributed by atoms with Crippen molar-refractivity contribution in [2.45, 2.75) is 6.92 Å². The molecule has 0 bridgehead atoms. The molecule has 0 aliphatic rings. The number of halogens is 2. The van der Waals surface area contributed by atoms with Gasteiger partial charge in [-0.3, -0.25) is 0 Å². The SMILES string of the molecule is Cc1cc(N)cc(Nc2ccc(F)cc2F)c1. The van der Waals surface area contributed by atoms with E-state index in [0.717, 1.165) is 11.6 Å². The molecule has 0 heterocycles. The molecule has 0 aliphatic heterocycles. The molecule has 4 heteroatoms. The lowest BCUT2D eigenvalue weighted by molar-refractivity contribution is 0.586. The van der Waals surface area contributed by atoms with Gasteiger partial charge in [0.2, 0.25) is 0 Å². The topological polar surface area (TPSA) is 38.0 Å². The van der Waals surface area contributed by atoms with Crippen LogP contribution in [0.4, 0.5) is 25.8 Å². The minimum absolute atomic E-state index is 0.219. The Kier molecular flexibility index (Phi) is 2.95. The highest BCUT2D eigenvalue weighted by molar-refractivity contribution is 5.65. The van der Waals surface area contributed by atoms with Crippen LogP contribution in [0.3, 0.4) is 0 Å². The molecule has 2 aromatic rings. The molecule has 0 aromatic heterocycles. The van der Waals surface area contributed by atoms with Gasteiger partial charge in [-0.2, -0.15) is 0 Å². The Morgan fingerprint density at radius 1 is 1.06 bits per heavy atom. The predicted molar refractivity (Wildman–Crippen MR) is 65.2 cm³/mol. The molecule has 2 aromatic carbocycles. The average molecular weight is 234 g/mol. The first-order chi connectivity index (χ1) is 8.04.